The molecule has 0 aliphatic carbocycles. The standard InChI is InChI=1S/C11H16N4O/c12-11(13)9-3-4-14-6-10(9)15-5-1-2-8(15)7-16/h3-4,6,8,16H,1-2,5,7H2,(H3,12,13). The Morgan fingerprint density at radius 3 is 3.19 bits per heavy atom. The third-order valence-electron chi connectivity index (χ3n) is 2.99. The van der Waals surface area contributed by atoms with Crippen molar-refractivity contribution in [3.05, 3.63) is 24.0 Å². The van der Waals surface area contributed by atoms with Crippen LogP contribution in [0.3, 0.4) is 0 Å². The summed E-state index contributed by atoms with van der Waals surface area (Å²) in [5, 5.41) is 16.8. The number of amidine groups is 1. The number of aromatic nitrogens is 1. The average Bonchev–Trinajstić information content (AvgIpc) is 2.76. The summed E-state index contributed by atoms with van der Waals surface area (Å²) in [4.78, 5) is 6.15. The van der Waals surface area contributed by atoms with Crippen molar-refractivity contribution in [1.82, 2.24) is 4.98 Å². The molecule has 1 aliphatic heterocycles. The Balaban J connectivity index is 2.35. The fourth-order valence-corrected chi connectivity index (χ4v) is 2.19. The van der Waals surface area contributed by atoms with E-state index < -0.39 is 0 Å². The van der Waals surface area contributed by atoms with Crippen molar-refractivity contribution in [2.75, 3.05) is 18.1 Å². The lowest BCUT2D eigenvalue weighted by Gasteiger charge is -2.26. The molecule has 0 aromatic carbocycles. The van der Waals surface area contributed by atoms with Crippen LogP contribution in [0.4, 0.5) is 5.69 Å². The highest BCUT2D eigenvalue weighted by molar-refractivity contribution is 6.00. The van der Waals surface area contributed by atoms with Crippen LogP contribution in [0.5, 0.6) is 0 Å². The molecule has 2 rings (SSSR count). The number of nitrogens with two attached hydrogens (primary N) is 1. The lowest BCUT2D eigenvalue weighted by atomic mass is 10.1. The largest absolute Gasteiger partial charge is 0.394 e. The molecule has 0 bridgehead atoms. The topological polar surface area (TPSA) is 86.2 Å². The molecule has 0 spiro atoms. The van der Waals surface area contributed by atoms with Crippen molar-refractivity contribution in [3.63, 3.8) is 0 Å². The molecule has 5 nitrogen and oxygen atoms in total. The predicted octanol–water partition coefficient (Wildman–Crippen LogP) is 0.327. The van der Waals surface area contributed by atoms with Crippen LogP contribution in [0.2, 0.25) is 0 Å². The van der Waals surface area contributed by atoms with E-state index >= 15 is 0 Å². The van der Waals surface area contributed by atoms with Crippen LogP contribution in [0.25, 0.3) is 0 Å². The summed E-state index contributed by atoms with van der Waals surface area (Å²) in [6, 6.07) is 1.87. The monoisotopic (exact) mass is 220 g/mol. The van der Waals surface area contributed by atoms with E-state index in [0.29, 0.717) is 5.56 Å². The Bertz CT molecular complexity index is 393. The molecule has 86 valence electrons. The summed E-state index contributed by atoms with van der Waals surface area (Å²) in [5.74, 6) is 0.0426. The van der Waals surface area contributed by atoms with Crippen LogP contribution in [0, 0.1) is 5.41 Å². The lowest BCUT2D eigenvalue weighted by molar-refractivity contribution is 0.266. The molecular weight excluding hydrogens is 204 g/mol. The molecule has 1 atom stereocenters. The van der Waals surface area contributed by atoms with Gasteiger partial charge in [-0.3, -0.25) is 10.4 Å². The van der Waals surface area contributed by atoms with Gasteiger partial charge in [0.1, 0.15) is 5.84 Å². The highest BCUT2D eigenvalue weighted by atomic mass is 16.3. The summed E-state index contributed by atoms with van der Waals surface area (Å²) in [6.07, 6.45) is 5.37. The van der Waals surface area contributed by atoms with E-state index in [2.05, 4.69) is 9.88 Å². The van der Waals surface area contributed by atoms with Crippen LogP contribution in [0.1, 0.15) is 18.4 Å². The maximum atomic E-state index is 9.28. The first-order chi connectivity index (χ1) is 7.74. The predicted molar refractivity (Wildman–Crippen MR) is 62.7 cm³/mol. The number of nitrogens with zero attached hydrogens (tertiary/aromatic N) is 2. The van der Waals surface area contributed by atoms with E-state index in [0.717, 1.165) is 25.1 Å². The number of hydrogen-bond acceptors (Lipinski definition) is 4. The molecule has 0 amide bonds. The quantitative estimate of drug-likeness (QED) is 0.506. The van der Waals surface area contributed by atoms with Crippen molar-refractivity contribution in [2.24, 2.45) is 5.73 Å². The SMILES string of the molecule is N=C(N)c1ccncc1N1CCCC1CO. The van der Waals surface area contributed by atoms with Gasteiger partial charge in [-0.1, -0.05) is 0 Å². The van der Waals surface area contributed by atoms with Crippen molar-refractivity contribution in [2.45, 2.75) is 18.9 Å². The van der Waals surface area contributed by atoms with Gasteiger partial charge in [0.25, 0.3) is 0 Å². The van der Waals surface area contributed by atoms with Crippen molar-refractivity contribution < 1.29 is 5.11 Å². The normalized spacial score (nSPS) is 20.1. The van der Waals surface area contributed by atoms with Crippen LogP contribution in [-0.4, -0.2) is 35.1 Å². The summed E-state index contributed by atoms with van der Waals surface area (Å²) in [5.41, 5.74) is 7.08. The molecule has 1 aromatic heterocycles. The van der Waals surface area contributed by atoms with Crippen LogP contribution in [0.15, 0.2) is 18.5 Å². The van der Waals surface area contributed by atoms with E-state index in [1.54, 1.807) is 18.5 Å². The maximum Gasteiger partial charge on any atom is 0.125 e. The number of pyridine rings is 1. The van der Waals surface area contributed by atoms with E-state index in [1.165, 1.54) is 0 Å². The van der Waals surface area contributed by atoms with Gasteiger partial charge >= 0.3 is 0 Å². The van der Waals surface area contributed by atoms with Gasteiger partial charge < -0.3 is 15.7 Å². The van der Waals surface area contributed by atoms with Gasteiger partial charge in [-0.15, -0.1) is 0 Å². The van der Waals surface area contributed by atoms with Crippen LogP contribution in [-0.2, 0) is 0 Å². The first-order valence-corrected chi connectivity index (χ1v) is 5.40. The molecule has 0 saturated carbocycles. The van der Waals surface area contributed by atoms with E-state index in [1.807, 2.05) is 0 Å². The van der Waals surface area contributed by atoms with Crippen molar-refractivity contribution in [1.29, 1.82) is 5.41 Å². The number of aliphatic hydroxyl groups is 1. The zero-order valence-corrected chi connectivity index (χ0v) is 9.06. The zero-order valence-electron chi connectivity index (χ0n) is 9.06. The molecule has 16 heavy (non-hydrogen) atoms. The third kappa shape index (κ3) is 1.86. The summed E-state index contributed by atoms with van der Waals surface area (Å²) >= 11 is 0. The maximum absolute atomic E-state index is 9.28. The van der Waals surface area contributed by atoms with Gasteiger partial charge in [0, 0.05) is 18.3 Å². The Labute approximate surface area is 94.4 Å². The van der Waals surface area contributed by atoms with Crippen LogP contribution < -0.4 is 10.6 Å². The molecule has 1 fully saturated rings. The average molecular weight is 220 g/mol. The second kappa shape index (κ2) is 4.49. The Morgan fingerprint density at radius 1 is 1.69 bits per heavy atom. The fraction of sp³-hybridized carbons (Fsp3) is 0.455. The zero-order chi connectivity index (χ0) is 11.5. The Hall–Kier alpha value is -1.62. The van der Waals surface area contributed by atoms with Crippen LogP contribution >= 0.6 is 0 Å². The number of nitrogen functional groups attached to an aromatic ring is 1. The smallest absolute Gasteiger partial charge is 0.125 e. The fourth-order valence-electron chi connectivity index (χ4n) is 2.19. The molecule has 5 heteroatoms. The molecule has 1 aromatic rings. The molecule has 1 unspecified atom stereocenters. The lowest BCUT2D eigenvalue weighted by Crippen LogP contribution is -2.33. The number of rotatable bonds is 3. The molecule has 0 radical (unpaired) electrons. The minimum absolute atomic E-state index is 0.0426. The van der Waals surface area contributed by atoms with Gasteiger partial charge in [0.2, 0.25) is 0 Å². The first kappa shape index (κ1) is 10.9. The minimum atomic E-state index is 0.0426. The van der Waals surface area contributed by atoms with E-state index in [-0.39, 0.29) is 18.5 Å². The molecule has 1 aliphatic rings. The summed E-state index contributed by atoms with van der Waals surface area (Å²) < 4.78 is 0. The van der Waals surface area contributed by atoms with Crippen molar-refractivity contribution in [3.8, 4) is 0 Å². The number of anilines is 1. The van der Waals surface area contributed by atoms with Gasteiger partial charge in [-0.2, -0.15) is 0 Å². The van der Waals surface area contributed by atoms with Gasteiger partial charge in [0.15, 0.2) is 0 Å². The molecular formula is C11H16N4O. The van der Waals surface area contributed by atoms with Gasteiger partial charge in [-0.05, 0) is 18.9 Å². The minimum Gasteiger partial charge on any atom is -0.394 e. The van der Waals surface area contributed by atoms with Crippen molar-refractivity contribution >= 4 is 11.5 Å². The van der Waals surface area contributed by atoms with Gasteiger partial charge in [-0.25, -0.2) is 0 Å². The van der Waals surface area contributed by atoms with E-state index in [9.17, 15) is 5.11 Å². The summed E-state index contributed by atoms with van der Waals surface area (Å²) in [7, 11) is 0. The Morgan fingerprint density at radius 2 is 2.50 bits per heavy atom. The number of hydrogen-bond donors (Lipinski definition) is 3. The highest BCUT2D eigenvalue weighted by Gasteiger charge is 2.26. The Kier molecular flexibility index (Phi) is 3.05. The third-order valence-corrected chi connectivity index (χ3v) is 2.99. The molecule has 4 N–H and O–H groups in total. The second-order valence-electron chi connectivity index (χ2n) is 3.98. The highest BCUT2D eigenvalue weighted by Crippen LogP contribution is 2.27. The summed E-state index contributed by atoms with van der Waals surface area (Å²) in [6.45, 7) is 1.02. The molecule has 1 saturated heterocycles. The number of aliphatic hydroxyl groups excluding tert-OH is 1. The molecule has 2 heterocycles. The second-order valence-corrected chi connectivity index (χ2v) is 3.98. The van der Waals surface area contributed by atoms with Gasteiger partial charge in [0.05, 0.1) is 24.5 Å². The first-order valence-electron chi connectivity index (χ1n) is 5.40. The number of nitrogens with one attached hydrogen (secondary N) is 1. The van der Waals surface area contributed by atoms with E-state index in [4.69, 9.17) is 11.1 Å².